The lowest BCUT2D eigenvalue weighted by Crippen LogP contribution is -2.47. The van der Waals surface area contributed by atoms with E-state index in [0.29, 0.717) is 24.0 Å². The van der Waals surface area contributed by atoms with Crippen LogP contribution in [0.15, 0.2) is 34.2 Å². The molecule has 2 aliphatic rings. The molecule has 3 rings (SSSR count). The average molecular weight is 535 g/mol. The van der Waals surface area contributed by atoms with Crippen molar-refractivity contribution in [1.29, 1.82) is 0 Å². The highest BCUT2D eigenvalue weighted by atomic mass is 127. The van der Waals surface area contributed by atoms with Gasteiger partial charge in [0.25, 0.3) is 0 Å². The highest BCUT2D eigenvalue weighted by Gasteiger charge is 2.30. The molecule has 164 valence electrons. The molecule has 9 heteroatoms. The maximum Gasteiger partial charge on any atom is 0.240 e. The third kappa shape index (κ3) is 7.08. The van der Waals surface area contributed by atoms with Gasteiger partial charge in [-0.2, -0.15) is 0 Å². The van der Waals surface area contributed by atoms with Crippen LogP contribution >= 0.6 is 24.0 Å². The molecule has 0 radical (unpaired) electrons. The molecule has 0 aromatic heterocycles. The van der Waals surface area contributed by atoms with Crippen LogP contribution in [0.4, 0.5) is 0 Å². The van der Waals surface area contributed by atoms with Crippen LogP contribution < -0.4 is 15.4 Å². The van der Waals surface area contributed by atoms with Crippen LogP contribution in [0.1, 0.15) is 37.7 Å². The van der Waals surface area contributed by atoms with Crippen molar-refractivity contribution in [1.82, 2.24) is 20.3 Å². The number of aryl methyl sites for hydroxylation is 1. The Labute approximate surface area is 192 Å². The Hall–Kier alpha value is -0.910. The summed E-state index contributed by atoms with van der Waals surface area (Å²) in [5.41, 5.74) is 1.04. The van der Waals surface area contributed by atoms with Crippen LogP contribution in [0.3, 0.4) is 0 Å². The van der Waals surface area contributed by atoms with E-state index in [1.165, 1.54) is 25.7 Å². The Morgan fingerprint density at radius 2 is 1.83 bits per heavy atom. The van der Waals surface area contributed by atoms with Crippen molar-refractivity contribution in [3.05, 3.63) is 29.8 Å². The van der Waals surface area contributed by atoms with Crippen molar-refractivity contribution in [3.63, 3.8) is 0 Å². The zero-order valence-electron chi connectivity index (χ0n) is 17.4. The highest BCUT2D eigenvalue weighted by molar-refractivity contribution is 14.0. The van der Waals surface area contributed by atoms with Crippen LogP contribution in [0.25, 0.3) is 0 Å². The second kappa shape index (κ2) is 11.5. The van der Waals surface area contributed by atoms with Gasteiger partial charge in [-0.05, 0) is 38.3 Å². The molecule has 29 heavy (non-hydrogen) atoms. The summed E-state index contributed by atoms with van der Waals surface area (Å²) in [6.45, 7) is 4.92. The predicted molar refractivity (Wildman–Crippen MR) is 129 cm³/mol. The van der Waals surface area contributed by atoms with Gasteiger partial charge in [-0.25, -0.2) is 13.1 Å². The van der Waals surface area contributed by atoms with Crippen molar-refractivity contribution in [2.45, 2.75) is 56.0 Å². The number of nitrogens with zero attached hydrogens (tertiary/aromatic N) is 2. The maximum absolute atomic E-state index is 12.3. The van der Waals surface area contributed by atoms with Crippen LogP contribution in [0.5, 0.6) is 0 Å². The van der Waals surface area contributed by atoms with E-state index < -0.39 is 10.0 Å². The molecule has 1 aromatic carbocycles. The van der Waals surface area contributed by atoms with Gasteiger partial charge < -0.3 is 10.6 Å². The van der Waals surface area contributed by atoms with Gasteiger partial charge in [0.1, 0.15) is 0 Å². The molecule has 7 nitrogen and oxygen atoms in total. The molecule has 0 bridgehead atoms. The van der Waals surface area contributed by atoms with E-state index in [1.54, 1.807) is 31.3 Å². The van der Waals surface area contributed by atoms with E-state index in [-0.39, 0.29) is 24.0 Å². The molecule has 0 spiro atoms. The smallest absolute Gasteiger partial charge is 0.240 e. The van der Waals surface area contributed by atoms with Crippen molar-refractivity contribution >= 4 is 40.0 Å². The number of likely N-dealkylation sites (tertiary alicyclic amines) is 1. The summed E-state index contributed by atoms with van der Waals surface area (Å²) in [6, 6.07) is 8.02. The predicted octanol–water partition coefficient (Wildman–Crippen LogP) is 2.07. The van der Waals surface area contributed by atoms with Crippen LogP contribution in [-0.4, -0.2) is 64.6 Å². The summed E-state index contributed by atoms with van der Waals surface area (Å²) in [5, 5.41) is 6.68. The molecular weight excluding hydrogens is 501 g/mol. The lowest BCUT2D eigenvalue weighted by molar-refractivity contribution is 0.242. The maximum atomic E-state index is 12.3. The molecule has 1 aromatic rings. The van der Waals surface area contributed by atoms with Crippen molar-refractivity contribution in [3.8, 4) is 0 Å². The first-order valence-electron chi connectivity index (χ1n) is 10.3. The molecule has 1 saturated carbocycles. The van der Waals surface area contributed by atoms with E-state index in [0.717, 1.165) is 37.1 Å². The van der Waals surface area contributed by atoms with E-state index in [2.05, 4.69) is 25.2 Å². The summed E-state index contributed by atoms with van der Waals surface area (Å²) < 4.78 is 27.2. The summed E-state index contributed by atoms with van der Waals surface area (Å²) in [4.78, 5) is 7.17. The van der Waals surface area contributed by atoms with E-state index >= 15 is 0 Å². The third-order valence-electron chi connectivity index (χ3n) is 5.67. The molecular formula is C20H34IN5O2S. The second-order valence-electron chi connectivity index (χ2n) is 7.77. The Morgan fingerprint density at radius 1 is 1.14 bits per heavy atom. The fourth-order valence-corrected chi connectivity index (χ4v) is 5.09. The van der Waals surface area contributed by atoms with Gasteiger partial charge in [0, 0.05) is 45.3 Å². The van der Waals surface area contributed by atoms with Gasteiger partial charge in [-0.1, -0.05) is 30.5 Å². The fraction of sp³-hybridized carbons (Fsp3) is 0.650. The Bertz CT molecular complexity index is 764. The first-order valence-corrected chi connectivity index (χ1v) is 11.7. The molecule has 3 N–H and O–H groups in total. The summed E-state index contributed by atoms with van der Waals surface area (Å²) in [7, 11) is -1.73. The van der Waals surface area contributed by atoms with Crippen LogP contribution in [-0.2, 0) is 10.0 Å². The number of sulfonamides is 1. The number of rotatable bonds is 7. The standard InChI is InChI=1S/C20H33N5O2S.HI/c1-16-7-9-19(10-8-16)28(26,27)23-13-12-22-20(21-2)24-17-11-14-25(15-17)18-5-3-4-6-18;/h7-10,17-18,23H,3-6,11-15H2,1-2H3,(H2,21,22,24);1H. The Morgan fingerprint density at radius 3 is 2.48 bits per heavy atom. The molecule has 1 aliphatic carbocycles. The van der Waals surface area contributed by atoms with Gasteiger partial charge in [0.05, 0.1) is 4.90 Å². The van der Waals surface area contributed by atoms with Crippen LogP contribution in [0.2, 0.25) is 0 Å². The van der Waals surface area contributed by atoms with Gasteiger partial charge in [0.2, 0.25) is 10.0 Å². The first kappa shape index (κ1) is 24.4. The molecule has 2 fully saturated rings. The number of halogens is 1. The molecule has 1 saturated heterocycles. The van der Waals surface area contributed by atoms with Gasteiger partial charge in [-0.3, -0.25) is 9.89 Å². The minimum atomic E-state index is -3.48. The average Bonchev–Trinajstić information content (AvgIpc) is 3.36. The number of guanidine groups is 1. The highest BCUT2D eigenvalue weighted by Crippen LogP contribution is 2.26. The van der Waals surface area contributed by atoms with Crippen molar-refractivity contribution in [2.24, 2.45) is 4.99 Å². The first-order chi connectivity index (χ1) is 13.5. The third-order valence-corrected chi connectivity index (χ3v) is 7.14. The molecule has 1 atom stereocenters. The topological polar surface area (TPSA) is 85.8 Å². The van der Waals surface area contributed by atoms with E-state index in [1.807, 2.05) is 6.92 Å². The summed E-state index contributed by atoms with van der Waals surface area (Å²) in [5.74, 6) is 0.729. The number of benzene rings is 1. The van der Waals surface area contributed by atoms with Gasteiger partial charge >= 0.3 is 0 Å². The van der Waals surface area contributed by atoms with E-state index in [9.17, 15) is 8.42 Å². The summed E-state index contributed by atoms with van der Waals surface area (Å²) in [6.07, 6.45) is 6.51. The fourth-order valence-electron chi connectivity index (χ4n) is 4.06. The van der Waals surface area contributed by atoms with Crippen molar-refractivity contribution < 1.29 is 8.42 Å². The van der Waals surface area contributed by atoms with Crippen molar-refractivity contribution in [2.75, 3.05) is 33.2 Å². The molecule has 1 heterocycles. The summed E-state index contributed by atoms with van der Waals surface area (Å²) >= 11 is 0. The molecule has 0 amide bonds. The normalized spacial score (nSPS) is 21.2. The lowest BCUT2D eigenvalue weighted by atomic mass is 10.2. The monoisotopic (exact) mass is 535 g/mol. The Balaban J connectivity index is 0.00000300. The zero-order valence-corrected chi connectivity index (χ0v) is 20.5. The molecule has 1 unspecified atom stereocenters. The quantitative estimate of drug-likeness (QED) is 0.216. The number of nitrogens with one attached hydrogen (secondary N) is 3. The number of hydrogen-bond acceptors (Lipinski definition) is 4. The molecule has 1 aliphatic heterocycles. The minimum absolute atomic E-state index is 0. The van der Waals surface area contributed by atoms with Crippen LogP contribution in [0, 0.1) is 6.92 Å². The van der Waals surface area contributed by atoms with Gasteiger partial charge in [0.15, 0.2) is 5.96 Å². The zero-order chi connectivity index (χ0) is 20.0. The van der Waals surface area contributed by atoms with E-state index in [4.69, 9.17) is 0 Å². The lowest BCUT2D eigenvalue weighted by Gasteiger charge is -2.24. The Kier molecular flexibility index (Phi) is 9.64. The second-order valence-corrected chi connectivity index (χ2v) is 9.54. The largest absolute Gasteiger partial charge is 0.355 e. The SMILES string of the molecule is CN=C(NCCNS(=O)(=O)c1ccc(C)cc1)NC1CCN(C2CCCC2)C1.I. The van der Waals surface area contributed by atoms with Gasteiger partial charge in [-0.15, -0.1) is 24.0 Å². The number of aliphatic imine (C=N–C) groups is 1. The minimum Gasteiger partial charge on any atom is -0.355 e. The number of hydrogen-bond donors (Lipinski definition) is 3.